The van der Waals surface area contributed by atoms with Crippen LogP contribution in [0.1, 0.15) is 20.8 Å². The van der Waals surface area contributed by atoms with E-state index in [0.717, 1.165) is 4.90 Å². The van der Waals surface area contributed by atoms with Crippen molar-refractivity contribution in [2.24, 2.45) is 11.7 Å². The van der Waals surface area contributed by atoms with Crippen molar-refractivity contribution >= 4 is 35.2 Å². The molecule has 0 fully saturated rings. The van der Waals surface area contributed by atoms with E-state index in [1.807, 2.05) is 12.1 Å². The van der Waals surface area contributed by atoms with Crippen LogP contribution in [0.15, 0.2) is 29.2 Å². The summed E-state index contributed by atoms with van der Waals surface area (Å²) in [4.78, 5) is 38.6. The predicted octanol–water partition coefficient (Wildman–Crippen LogP) is 1.57. The number of carbonyl (C=O) groups excluding carboxylic acids is 3. The maximum atomic E-state index is 12.8. The number of esters is 1. The Hall–Kier alpha value is -2.02. The molecule has 1 aromatic carbocycles. The quantitative estimate of drug-likeness (QED) is 0.668. The summed E-state index contributed by atoms with van der Waals surface area (Å²) in [5.41, 5.74) is 5.17. The molecule has 0 aliphatic carbocycles. The molecule has 124 valence electrons. The minimum absolute atomic E-state index is 0.264. The Bertz CT molecular complexity index is 639. The van der Waals surface area contributed by atoms with Crippen LogP contribution in [0.4, 0.5) is 5.69 Å². The Morgan fingerprint density at radius 1 is 1.35 bits per heavy atom. The van der Waals surface area contributed by atoms with Crippen molar-refractivity contribution in [3.05, 3.63) is 24.3 Å². The molecule has 0 bridgehead atoms. The van der Waals surface area contributed by atoms with Crippen molar-refractivity contribution in [2.75, 3.05) is 17.2 Å². The number of ether oxygens (including phenoxy) is 1. The molecule has 1 aromatic rings. The van der Waals surface area contributed by atoms with E-state index in [1.54, 1.807) is 32.9 Å². The lowest BCUT2D eigenvalue weighted by atomic mass is 10.1. The summed E-state index contributed by atoms with van der Waals surface area (Å²) in [6.07, 6.45) is 0. The maximum absolute atomic E-state index is 12.8. The van der Waals surface area contributed by atoms with Crippen molar-refractivity contribution in [3.8, 4) is 0 Å². The van der Waals surface area contributed by atoms with Crippen molar-refractivity contribution < 1.29 is 19.1 Å². The monoisotopic (exact) mass is 336 g/mol. The van der Waals surface area contributed by atoms with Gasteiger partial charge in [0.15, 0.2) is 0 Å². The van der Waals surface area contributed by atoms with Gasteiger partial charge in [0.1, 0.15) is 18.1 Å². The Balaban J connectivity index is 2.35. The number of amides is 2. The number of hydrogen-bond donors (Lipinski definition) is 1. The molecule has 6 nitrogen and oxygen atoms in total. The number of carbonyl (C=O) groups is 3. The van der Waals surface area contributed by atoms with Crippen LogP contribution in [-0.2, 0) is 19.1 Å². The summed E-state index contributed by atoms with van der Waals surface area (Å²) in [6.45, 7) is 4.97. The van der Waals surface area contributed by atoms with E-state index in [4.69, 9.17) is 10.5 Å². The van der Waals surface area contributed by atoms with E-state index in [0.29, 0.717) is 5.69 Å². The number of nitrogens with two attached hydrogens (primary N) is 1. The van der Waals surface area contributed by atoms with Gasteiger partial charge in [-0.05, 0) is 32.9 Å². The van der Waals surface area contributed by atoms with Crippen molar-refractivity contribution in [1.29, 1.82) is 0 Å². The van der Waals surface area contributed by atoms with Gasteiger partial charge in [-0.2, -0.15) is 0 Å². The fourth-order valence-electron chi connectivity index (χ4n) is 2.21. The molecule has 2 rings (SSSR count). The fraction of sp³-hybridized carbons (Fsp3) is 0.438. The molecule has 2 N–H and O–H groups in total. The van der Waals surface area contributed by atoms with Crippen LogP contribution in [0.3, 0.4) is 0 Å². The van der Waals surface area contributed by atoms with E-state index in [-0.39, 0.29) is 12.3 Å². The highest BCUT2D eigenvalue weighted by Gasteiger charge is 2.38. The second kappa shape index (κ2) is 6.62. The van der Waals surface area contributed by atoms with Crippen LogP contribution in [0.5, 0.6) is 0 Å². The molecule has 0 unspecified atom stereocenters. The van der Waals surface area contributed by atoms with Crippen LogP contribution in [0, 0.1) is 5.92 Å². The fourth-order valence-corrected chi connectivity index (χ4v) is 3.34. The Morgan fingerprint density at radius 2 is 2.00 bits per heavy atom. The van der Waals surface area contributed by atoms with E-state index in [2.05, 4.69) is 0 Å². The minimum Gasteiger partial charge on any atom is -0.459 e. The molecule has 0 radical (unpaired) electrons. The van der Waals surface area contributed by atoms with Crippen molar-refractivity contribution in [1.82, 2.24) is 0 Å². The number of nitrogens with zero attached hydrogens (tertiary/aromatic N) is 1. The lowest BCUT2D eigenvalue weighted by Crippen LogP contribution is -2.45. The van der Waals surface area contributed by atoms with Gasteiger partial charge in [0.2, 0.25) is 11.8 Å². The second-order valence-corrected chi connectivity index (χ2v) is 7.32. The number of hydrogen-bond acceptors (Lipinski definition) is 5. The number of para-hydroxylation sites is 1. The number of anilines is 1. The first-order valence-electron chi connectivity index (χ1n) is 7.23. The summed E-state index contributed by atoms with van der Waals surface area (Å²) in [6, 6.07) is 7.19. The predicted molar refractivity (Wildman–Crippen MR) is 88.0 cm³/mol. The first-order valence-corrected chi connectivity index (χ1v) is 8.22. The molecule has 1 atom stereocenters. The van der Waals surface area contributed by atoms with Gasteiger partial charge in [-0.3, -0.25) is 14.4 Å². The third-order valence-corrected chi connectivity index (χ3v) is 4.29. The van der Waals surface area contributed by atoms with Gasteiger partial charge in [0, 0.05) is 10.6 Å². The molecule has 1 aliphatic heterocycles. The molecule has 0 saturated heterocycles. The van der Waals surface area contributed by atoms with Crippen LogP contribution >= 0.6 is 11.8 Å². The molecular weight excluding hydrogens is 316 g/mol. The zero-order chi connectivity index (χ0) is 17.2. The molecule has 0 saturated carbocycles. The molecule has 7 heteroatoms. The van der Waals surface area contributed by atoms with E-state index in [9.17, 15) is 14.4 Å². The third-order valence-electron chi connectivity index (χ3n) is 3.13. The van der Waals surface area contributed by atoms with Gasteiger partial charge in [0.05, 0.1) is 5.69 Å². The number of rotatable bonds is 3. The van der Waals surface area contributed by atoms with Crippen LogP contribution in [0.25, 0.3) is 0 Å². The van der Waals surface area contributed by atoms with Crippen LogP contribution < -0.4 is 10.6 Å². The second-order valence-electron chi connectivity index (χ2n) is 6.26. The molecule has 23 heavy (non-hydrogen) atoms. The lowest BCUT2D eigenvalue weighted by Gasteiger charge is -2.26. The van der Waals surface area contributed by atoms with Gasteiger partial charge >= 0.3 is 5.97 Å². The number of fused-ring (bicyclic) bond motifs is 1. The zero-order valence-electron chi connectivity index (χ0n) is 13.4. The first kappa shape index (κ1) is 17.3. The first-order chi connectivity index (χ1) is 10.7. The summed E-state index contributed by atoms with van der Waals surface area (Å²) in [7, 11) is 0. The smallest absolute Gasteiger partial charge is 0.319 e. The molecule has 2 amide bonds. The molecular formula is C16H20N2O4S. The van der Waals surface area contributed by atoms with Gasteiger partial charge in [-0.1, -0.05) is 12.1 Å². The van der Waals surface area contributed by atoms with E-state index in [1.165, 1.54) is 16.7 Å². The van der Waals surface area contributed by atoms with Gasteiger partial charge < -0.3 is 15.4 Å². The average molecular weight is 336 g/mol. The van der Waals surface area contributed by atoms with Crippen molar-refractivity contribution in [3.63, 3.8) is 0 Å². The largest absolute Gasteiger partial charge is 0.459 e. The highest BCUT2D eigenvalue weighted by atomic mass is 32.2. The average Bonchev–Trinajstić information content (AvgIpc) is 2.55. The lowest BCUT2D eigenvalue weighted by molar-refractivity contribution is -0.161. The molecule has 0 spiro atoms. The highest BCUT2D eigenvalue weighted by molar-refractivity contribution is 7.99. The van der Waals surface area contributed by atoms with Crippen molar-refractivity contribution in [2.45, 2.75) is 31.3 Å². The normalized spacial score (nSPS) is 18.1. The highest BCUT2D eigenvalue weighted by Crippen LogP contribution is 2.36. The van der Waals surface area contributed by atoms with E-state index < -0.39 is 29.3 Å². The molecule has 0 aromatic heterocycles. The standard InChI is InChI=1S/C16H20N2O4S/c1-16(2,3)22-15(21)10-9-23-12-7-5-4-6-11(12)18(14(10)20)8-13(17)19/h4-7,10H,8-9H2,1-3H3,(H2,17,19)/t10-/m0/s1. The van der Waals surface area contributed by atoms with Crippen LogP contribution in [0.2, 0.25) is 0 Å². The number of primary amides is 1. The SMILES string of the molecule is CC(C)(C)OC(=O)[C@H]1CSc2ccccc2N(CC(N)=O)C1=O. The topological polar surface area (TPSA) is 89.7 Å². The third kappa shape index (κ3) is 4.25. The summed E-state index contributed by atoms with van der Waals surface area (Å²) >= 11 is 1.39. The Labute approximate surface area is 139 Å². The van der Waals surface area contributed by atoms with E-state index >= 15 is 0 Å². The number of thioether (sulfide) groups is 1. The number of benzene rings is 1. The summed E-state index contributed by atoms with van der Waals surface area (Å²) < 4.78 is 5.34. The van der Waals surface area contributed by atoms with Gasteiger partial charge in [-0.25, -0.2) is 0 Å². The Morgan fingerprint density at radius 3 is 2.61 bits per heavy atom. The summed E-state index contributed by atoms with van der Waals surface area (Å²) in [5.74, 6) is -2.39. The molecule has 1 heterocycles. The maximum Gasteiger partial charge on any atom is 0.319 e. The van der Waals surface area contributed by atoms with Gasteiger partial charge in [0.25, 0.3) is 0 Å². The minimum atomic E-state index is -0.967. The molecule has 1 aliphatic rings. The van der Waals surface area contributed by atoms with Gasteiger partial charge in [-0.15, -0.1) is 11.8 Å². The zero-order valence-corrected chi connectivity index (χ0v) is 14.2. The Kier molecular flexibility index (Phi) is 4.99. The summed E-state index contributed by atoms with van der Waals surface area (Å²) in [5, 5.41) is 0. The van der Waals surface area contributed by atoms with Crippen LogP contribution in [-0.4, -0.2) is 35.7 Å².